The Morgan fingerprint density at radius 3 is 2.16 bits per heavy atom. The summed E-state index contributed by atoms with van der Waals surface area (Å²) in [6.07, 6.45) is -5.02. The summed E-state index contributed by atoms with van der Waals surface area (Å²) in [4.78, 5) is 25.9. The lowest BCUT2D eigenvalue weighted by Gasteiger charge is -2.18. The Bertz CT molecular complexity index is 1930. The van der Waals surface area contributed by atoms with Gasteiger partial charge in [0.05, 0.1) is 17.8 Å². The average Bonchev–Trinajstić information content (AvgIpc) is 2.99. The van der Waals surface area contributed by atoms with Gasteiger partial charge in [0.15, 0.2) is 0 Å². The molecule has 214 valence electrons. The summed E-state index contributed by atoms with van der Waals surface area (Å²) in [7, 11) is 0. The second kappa shape index (κ2) is 11.7. The third kappa shape index (κ3) is 6.21. The molecule has 0 unspecified atom stereocenters. The third-order valence-electron chi connectivity index (χ3n) is 6.73. The molecule has 1 amide bonds. The maximum atomic E-state index is 14.5. The molecule has 0 aliphatic rings. The van der Waals surface area contributed by atoms with Crippen LogP contribution in [0.5, 0.6) is 0 Å². The number of rotatable bonds is 6. The summed E-state index contributed by atoms with van der Waals surface area (Å²) in [6.45, 7) is -0.553. The van der Waals surface area contributed by atoms with Crippen molar-refractivity contribution < 1.29 is 26.7 Å². The number of alkyl halides is 3. The first kappa shape index (κ1) is 29.0. The SMILES string of the molecule is N#Cc1c(C(F)(F)F)cc(-c2cccc(-c3ccc(C(=O)Nc4ccccc4)cc3)c2)n(Cc2ccc(F)cc2F)c1=O. The maximum Gasteiger partial charge on any atom is 0.417 e. The van der Waals surface area contributed by atoms with E-state index in [1.807, 2.05) is 6.07 Å². The zero-order chi connectivity index (χ0) is 30.7. The Labute approximate surface area is 242 Å². The van der Waals surface area contributed by atoms with Crippen LogP contribution >= 0.6 is 0 Å². The van der Waals surface area contributed by atoms with Crippen molar-refractivity contribution in [3.05, 3.63) is 147 Å². The number of amides is 1. The van der Waals surface area contributed by atoms with Crippen molar-refractivity contribution in [2.45, 2.75) is 12.7 Å². The average molecular weight is 586 g/mol. The minimum Gasteiger partial charge on any atom is -0.322 e. The molecule has 0 spiro atoms. The Morgan fingerprint density at radius 2 is 1.51 bits per heavy atom. The Kier molecular flexibility index (Phi) is 7.90. The fourth-order valence-electron chi connectivity index (χ4n) is 4.59. The predicted molar refractivity (Wildman–Crippen MR) is 151 cm³/mol. The Balaban J connectivity index is 1.57. The van der Waals surface area contributed by atoms with Gasteiger partial charge in [0.2, 0.25) is 0 Å². The van der Waals surface area contributed by atoms with Crippen LogP contribution in [0.4, 0.5) is 27.6 Å². The molecule has 0 saturated carbocycles. The van der Waals surface area contributed by atoms with Crippen molar-refractivity contribution in [2.24, 2.45) is 0 Å². The van der Waals surface area contributed by atoms with Gasteiger partial charge in [-0.2, -0.15) is 18.4 Å². The first-order valence-corrected chi connectivity index (χ1v) is 12.8. The van der Waals surface area contributed by atoms with Crippen molar-refractivity contribution in [2.75, 3.05) is 5.32 Å². The van der Waals surface area contributed by atoms with Gasteiger partial charge in [-0.1, -0.05) is 54.6 Å². The minimum atomic E-state index is -5.02. The highest BCUT2D eigenvalue weighted by molar-refractivity contribution is 6.04. The molecule has 4 aromatic carbocycles. The molecule has 0 aliphatic heterocycles. The number of nitrogens with zero attached hydrogens (tertiary/aromatic N) is 2. The van der Waals surface area contributed by atoms with Crippen LogP contribution in [0.2, 0.25) is 0 Å². The summed E-state index contributed by atoms with van der Waals surface area (Å²) in [6, 6.07) is 26.3. The fourth-order valence-corrected chi connectivity index (χ4v) is 4.59. The van der Waals surface area contributed by atoms with Gasteiger partial charge < -0.3 is 9.88 Å². The zero-order valence-electron chi connectivity index (χ0n) is 22.1. The molecular formula is C33H20F5N3O2. The molecular weight excluding hydrogens is 565 g/mol. The summed E-state index contributed by atoms with van der Waals surface area (Å²) in [5, 5.41) is 12.2. The molecule has 0 bridgehead atoms. The lowest BCUT2D eigenvalue weighted by Crippen LogP contribution is -2.29. The van der Waals surface area contributed by atoms with E-state index in [-0.39, 0.29) is 22.7 Å². The number of anilines is 1. The first-order valence-electron chi connectivity index (χ1n) is 12.8. The van der Waals surface area contributed by atoms with Crippen LogP contribution in [0.3, 0.4) is 0 Å². The molecule has 0 radical (unpaired) electrons. The molecule has 0 fully saturated rings. The normalized spacial score (nSPS) is 11.2. The van der Waals surface area contributed by atoms with E-state index in [0.29, 0.717) is 34.5 Å². The fraction of sp³-hybridized carbons (Fsp3) is 0.0606. The van der Waals surface area contributed by atoms with Gasteiger partial charge in [0.25, 0.3) is 11.5 Å². The second-order valence-corrected chi connectivity index (χ2v) is 9.53. The molecule has 5 nitrogen and oxygen atoms in total. The van der Waals surface area contributed by atoms with Crippen LogP contribution in [0.1, 0.15) is 27.0 Å². The van der Waals surface area contributed by atoms with Crippen molar-refractivity contribution in [3.8, 4) is 28.5 Å². The number of hydrogen-bond donors (Lipinski definition) is 1. The highest BCUT2D eigenvalue weighted by atomic mass is 19.4. The maximum absolute atomic E-state index is 14.5. The van der Waals surface area contributed by atoms with Crippen LogP contribution in [-0.4, -0.2) is 10.5 Å². The molecule has 5 aromatic rings. The molecule has 0 saturated heterocycles. The van der Waals surface area contributed by atoms with E-state index in [2.05, 4.69) is 5.32 Å². The molecule has 0 atom stereocenters. The number of hydrogen-bond acceptors (Lipinski definition) is 3. The van der Waals surface area contributed by atoms with Crippen LogP contribution in [-0.2, 0) is 12.7 Å². The number of benzene rings is 4. The summed E-state index contributed by atoms with van der Waals surface area (Å²) in [5.41, 5.74) is -1.86. The van der Waals surface area contributed by atoms with Crippen LogP contribution in [0.15, 0.2) is 108 Å². The smallest absolute Gasteiger partial charge is 0.322 e. The van der Waals surface area contributed by atoms with Crippen molar-refractivity contribution >= 4 is 11.6 Å². The van der Waals surface area contributed by atoms with Crippen LogP contribution < -0.4 is 10.9 Å². The van der Waals surface area contributed by atoms with Gasteiger partial charge >= 0.3 is 6.18 Å². The second-order valence-electron chi connectivity index (χ2n) is 9.53. The van der Waals surface area contributed by atoms with E-state index in [1.165, 1.54) is 18.2 Å². The summed E-state index contributed by atoms with van der Waals surface area (Å²) >= 11 is 0. The van der Waals surface area contributed by atoms with Gasteiger partial charge in [-0.25, -0.2) is 8.78 Å². The quantitative estimate of drug-likeness (QED) is 0.208. The summed E-state index contributed by atoms with van der Waals surface area (Å²) in [5.74, 6) is -2.20. The van der Waals surface area contributed by atoms with E-state index in [9.17, 15) is 36.8 Å². The van der Waals surface area contributed by atoms with Gasteiger partial charge in [0, 0.05) is 22.9 Å². The number of carbonyl (C=O) groups excluding carboxylic acids is 1. The monoisotopic (exact) mass is 585 g/mol. The molecule has 1 aromatic heterocycles. The largest absolute Gasteiger partial charge is 0.417 e. The zero-order valence-corrected chi connectivity index (χ0v) is 22.1. The number of para-hydroxylation sites is 1. The topological polar surface area (TPSA) is 74.9 Å². The third-order valence-corrected chi connectivity index (χ3v) is 6.73. The number of carbonyl (C=O) groups is 1. The Morgan fingerprint density at radius 1 is 0.814 bits per heavy atom. The van der Waals surface area contributed by atoms with Crippen LogP contribution in [0, 0.1) is 23.0 Å². The van der Waals surface area contributed by atoms with Gasteiger partial charge in [-0.3, -0.25) is 9.59 Å². The van der Waals surface area contributed by atoms with Gasteiger partial charge in [-0.15, -0.1) is 0 Å². The van der Waals surface area contributed by atoms with Crippen LogP contribution in [0.25, 0.3) is 22.4 Å². The van der Waals surface area contributed by atoms with Gasteiger partial charge in [-0.05, 0) is 59.2 Å². The van der Waals surface area contributed by atoms with E-state index in [1.54, 1.807) is 60.7 Å². The number of halogens is 5. The van der Waals surface area contributed by atoms with Crippen molar-refractivity contribution in [3.63, 3.8) is 0 Å². The molecule has 1 heterocycles. The molecule has 0 aliphatic carbocycles. The predicted octanol–water partition coefficient (Wildman–Crippen LogP) is 7.65. The van der Waals surface area contributed by atoms with E-state index >= 15 is 0 Å². The van der Waals surface area contributed by atoms with E-state index < -0.39 is 41.0 Å². The lowest BCUT2D eigenvalue weighted by atomic mass is 9.98. The van der Waals surface area contributed by atoms with Gasteiger partial charge in [0.1, 0.15) is 23.3 Å². The van der Waals surface area contributed by atoms with E-state index in [4.69, 9.17) is 0 Å². The van der Waals surface area contributed by atoms with Crippen molar-refractivity contribution in [1.29, 1.82) is 5.26 Å². The number of nitriles is 1. The minimum absolute atomic E-state index is 0.158. The molecule has 5 rings (SSSR count). The van der Waals surface area contributed by atoms with Crippen molar-refractivity contribution in [1.82, 2.24) is 4.57 Å². The van der Waals surface area contributed by atoms with E-state index in [0.717, 1.165) is 16.7 Å². The number of nitrogens with one attached hydrogen (secondary N) is 1. The summed E-state index contributed by atoms with van der Waals surface area (Å²) < 4.78 is 70.7. The standard InChI is InChI=1S/C33H20F5N3O2/c34-25-14-13-24(29(35)16-25)19-41-30(17-28(33(36,37)38)27(18-39)32(41)43)23-6-4-5-22(15-23)20-9-11-21(12-10-20)31(42)40-26-7-2-1-3-8-26/h1-17H,19H2,(H,40,42). The molecule has 43 heavy (non-hydrogen) atoms. The molecule has 10 heteroatoms. The lowest BCUT2D eigenvalue weighted by molar-refractivity contribution is -0.137. The first-order chi connectivity index (χ1) is 20.5. The number of aromatic nitrogens is 1. The molecule has 1 N–H and O–H groups in total. The number of pyridine rings is 1. The highest BCUT2D eigenvalue weighted by Crippen LogP contribution is 2.35. The highest BCUT2D eigenvalue weighted by Gasteiger charge is 2.36. The Hall–Kier alpha value is -5.56.